The van der Waals surface area contributed by atoms with Crippen molar-refractivity contribution in [3.63, 3.8) is 0 Å². The van der Waals surface area contributed by atoms with Gasteiger partial charge in [-0.1, -0.05) is 0 Å². The fraction of sp³-hybridized carbons (Fsp3) is 0.941. The minimum absolute atomic E-state index is 0.194. The molecule has 0 bridgehead atoms. The lowest BCUT2D eigenvalue weighted by Crippen LogP contribution is -2.50. The van der Waals surface area contributed by atoms with Crippen molar-refractivity contribution >= 4 is 6.09 Å². The Hall–Kier alpha value is -0.810. The molecule has 2 rings (SSSR count). The Morgan fingerprint density at radius 2 is 1.82 bits per heavy atom. The second kappa shape index (κ2) is 7.64. The second-order valence-electron chi connectivity index (χ2n) is 7.81. The summed E-state index contributed by atoms with van der Waals surface area (Å²) in [5, 5.41) is 7.24. The van der Waals surface area contributed by atoms with Crippen molar-refractivity contribution in [1.82, 2.24) is 15.5 Å². The number of ether oxygens (including phenoxy) is 1. The summed E-state index contributed by atoms with van der Waals surface area (Å²) in [4.78, 5) is 13.9. The van der Waals surface area contributed by atoms with Crippen LogP contribution < -0.4 is 10.6 Å². The van der Waals surface area contributed by atoms with Gasteiger partial charge in [0.15, 0.2) is 0 Å². The van der Waals surface area contributed by atoms with E-state index < -0.39 is 5.60 Å². The smallest absolute Gasteiger partial charge is 0.410 e. The second-order valence-corrected chi connectivity index (χ2v) is 7.81. The van der Waals surface area contributed by atoms with Crippen LogP contribution in [0.3, 0.4) is 0 Å². The molecule has 1 aliphatic heterocycles. The third-order valence-electron chi connectivity index (χ3n) is 4.69. The Morgan fingerprint density at radius 1 is 1.14 bits per heavy atom. The number of piperidine rings is 1. The van der Waals surface area contributed by atoms with E-state index in [2.05, 4.69) is 10.6 Å². The van der Waals surface area contributed by atoms with Gasteiger partial charge >= 0.3 is 6.09 Å². The van der Waals surface area contributed by atoms with Gasteiger partial charge in [-0.2, -0.15) is 0 Å². The van der Waals surface area contributed by atoms with Gasteiger partial charge < -0.3 is 20.3 Å². The lowest BCUT2D eigenvalue weighted by molar-refractivity contribution is 0.0177. The van der Waals surface area contributed by atoms with Crippen molar-refractivity contribution in [3.8, 4) is 0 Å². The predicted molar refractivity (Wildman–Crippen MR) is 89.1 cm³/mol. The number of carbonyl (C=O) groups is 1. The van der Waals surface area contributed by atoms with Crippen molar-refractivity contribution in [1.29, 1.82) is 0 Å². The third kappa shape index (κ3) is 5.43. The molecule has 22 heavy (non-hydrogen) atoms. The average molecular weight is 311 g/mol. The highest BCUT2D eigenvalue weighted by Gasteiger charge is 2.30. The van der Waals surface area contributed by atoms with Gasteiger partial charge in [0.1, 0.15) is 5.60 Å². The molecule has 1 aliphatic carbocycles. The van der Waals surface area contributed by atoms with Crippen molar-refractivity contribution in [2.24, 2.45) is 0 Å². The average Bonchev–Trinajstić information content (AvgIpc) is 2.46. The Labute approximate surface area is 135 Å². The molecular formula is C17H33N3O2. The molecule has 1 saturated heterocycles. The molecule has 0 spiro atoms. The maximum Gasteiger partial charge on any atom is 0.410 e. The van der Waals surface area contributed by atoms with Crippen LogP contribution in [-0.2, 0) is 4.74 Å². The Bertz CT molecular complexity index is 353. The number of amides is 1. The van der Waals surface area contributed by atoms with Crippen molar-refractivity contribution in [2.75, 3.05) is 20.1 Å². The first-order chi connectivity index (χ1) is 10.3. The first-order valence-electron chi connectivity index (χ1n) is 8.78. The van der Waals surface area contributed by atoms with E-state index in [1.807, 2.05) is 27.8 Å². The molecule has 0 aromatic rings. The van der Waals surface area contributed by atoms with E-state index in [1.165, 1.54) is 12.8 Å². The molecule has 2 aliphatic rings. The van der Waals surface area contributed by atoms with Gasteiger partial charge in [-0.3, -0.25) is 0 Å². The summed E-state index contributed by atoms with van der Waals surface area (Å²) >= 11 is 0. The first-order valence-corrected chi connectivity index (χ1v) is 8.78. The number of nitrogens with one attached hydrogen (secondary N) is 2. The van der Waals surface area contributed by atoms with Crippen LogP contribution in [0.2, 0.25) is 0 Å². The normalized spacial score (nSPS) is 29.9. The van der Waals surface area contributed by atoms with Gasteiger partial charge in [0.2, 0.25) is 0 Å². The lowest BCUT2D eigenvalue weighted by atomic mass is 9.89. The number of hydrogen-bond donors (Lipinski definition) is 2. The molecule has 0 radical (unpaired) electrons. The highest BCUT2D eigenvalue weighted by atomic mass is 16.6. The maximum absolute atomic E-state index is 12.1. The van der Waals surface area contributed by atoms with Crippen LogP contribution in [0.15, 0.2) is 0 Å². The minimum atomic E-state index is -0.419. The summed E-state index contributed by atoms with van der Waals surface area (Å²) < 4.78 is 5.46. The van der Waals surface area contributed by atoms with E-state index >= 15 is 0 Å². The van der Waals surface area contributed by atoms with E-state index in [-0.39, 0.29) is 6.09 Å². The van der Waals surface area contributed by atoms with Crippen molar-refractivity contribution in [2.45, 2.75) is 83.0 Å². The zero-order chi connectivity index (χ0) is 16.2. The molecular weight excluding hydrogens is 278 g/mol. The summed E-state index contributed by atoms with van der Waals surface area (Å²) in [6.07, 6.45) is 6.78. The molecule has 5 heteroatoms. The predicted octanol–water partition coefficient (Wildman–Crippen LogP) is 2.51. The van der Waals surface area contributed by atoms with Gasteiger partial charge in [-0.25, -0.2) is 4.79 Å². The molecule has 0 aromatic heterocycles. The highest BCUT2D eigenvalue weighted by Crippen LogP contribution is 2.24. The quantitative estimate of drug-likeness (QED) is 0.841. The molecule has 5 nitrogen and oxygen atoms in total. The lowest BCUT2D eigenvalue weighted by Gasteiger charge is -2.37. The maximum atomic E-state index is 12.1. The van der Waals surface area contributed by atoms with E-state index in [4.69, 9.17) is 4.74 Å². The summed E-state index contributed by atoms with van der Waals surface area (Å²) in [5.74, 6) is 0. The molecule has 1 atom stereocenters. The molecule has 0 aromatic carbocycles. The van der Waals surface area contributed by atoms with E-state index in [0.29, 0.717) is 18.1 Å². The Kier molecular flexibility index (Phi) is 6.09. The van der Waals surface area contributed by atoms with Crippen LogP contribution in [0.4, 0.5) is 4.79 Å². The third-order valence-corrected chi connectivity index (χ3v) is 4.69. The van der Waals surface area contributed by atoms with Crippen LogP contribution in [0, 0.1) is 0 Å². The van der Waals surface area contributed by atoms with Crippen LogP contribution in [0.1, 0.15) is 59.3 Å². The fourth-order valence-electron chi connectivity index (χ4n) is 3.44. The summed E-state index contributed by atoms with van der Waals surface area (Å²) in [7, 11) is 1.87. The van der Waals surface area contributed by atoms with Gasteiger partial charge in [0.05, 0.1) is 0 Å². The summed E-state index contributed by atoms with van der Waals surface area (Å²) in [5.41, 5.74) is -0.419. The molecule has 1 saturated carbocycles. The molecule has 1 unspecified atom stereocenters. The van der Waals surface area contributed by atoms with Gasteiger partial charge in [-0.05, 0) is 65.8 Å². The van der Waals surface area contributed by atoms with E-state index in [9.17, 15) is 4.79 Å². The van der Waals surface area contributed by atoms with Crippen LogP contribution in [-0.4, -0.2) is 54.9 Å². The number of carbonyl (C=O) groups excluding carboxylic acids is 1. The highest BCUT2D eigenvalue weighted by molar-refractivity contribution is 5.68. The standard InChI is InChI=1S/C17H33N3O2/c1-17(2,3)22-16(21)20(4)15-9-7-13(8-10-15)19-14-6-5-11-18-12-14/h13-15,18-19H,5-12H2,1-4H3. The van der Waals surface area contributed by atoms with Crippen LogP contribution >= 0.6 is 0 Å². The number of nitrogens with zero attached hydrogens (tertiary/aromatic N) is 1. The summed E-state index contributed by atoms with van der Waals surface area (Å²) in [6, 6.07) is 1.55. The zero-order valence-electron chi connectivity index (χ0n) is 14.7. The Morgan fingerprint density at radius 3 is 2.36 bits per heavy atom. The zero-order valence-corrected chi connectivity index (χ0v) is 14.7. The van der Waals surface area contributed by atoms with Gasteiger partial charge in [0, 0.05) is 31.7 Å². The van der Waals surface area contributed by atoms with Crippen molar-refractivity contribution in [3.05, 3.63) is 0 Å². The van der Waals surface area contributed by atoms with E-state index in [1.54, 1.807) is 4.90 Å². The number of hydrogen-bond acceptors (Lipinski definition) is 4. The molecule has 128 valence electrons. The van der Waals surface area contributed by atoms with Crippen molar-refractivity contribution < 1.29 is 9.53 Å². The van der Waals surface area contributed by atoms with Gasteiger partial charge in [0.25, 0.3) is 0 Å². The van der Waals surface area contributed by atoms with E-state index in [0.717, 1.165) is 38.8 Å². The monoisotopic (exact) mass is 311 g/mol. The molecule has 2 fully saturated rings. The first kappa shape index (κ1) is 17.5. The molecule has 2 N–H and O–H groups in total. The molecule has 1 heterocycles. The summed E-state index contributed by atoms with van der Waals surface area (Å²) in [6.45, 7) is 8.00. The topological polar surface area (TPSA) is 53.6 Å². The Balaban J connectivity index is 1.72. The number of rotatable bonds is 3. The van der Waals surface area contributed by atoms with Crippen LogP contribution in [0.5, 0.6) is 0 Å². The van der Waals surface area contributed by atoms with Gasteiger partial charge in [-0.15, -0.1) is 0 Å². The minimum Gasteiger partial charge on any atom is -0.444 e. The SMILES string of the molecule is CN(C(=O)OC(C)(C)C)C1CCC(NC2CCCNC2)CC1. The van der Waals surface area contributed by atoms with Crippen LogP contribution in [0.25, 0.3) is 0 Å². The molecule has 1 amide bonds. The fourth-order valence-corrected chi connectivity index (χ4v) is 3.44. The largest absolute Gasteiger partial charge is 0.444 e.